The van der Waals surface area contributed by atoms with E-state index >= 15 is 0 Å². The molecule has 2 amide bonds. The number of rotatable bonds is 5. The van der Waals surface area contributed by atoms with Crippen LogP contribution >= 0.6 is 0 Å². The van der Waals surface area contributed by atoms with Gasteiger partial charge in [0.2, 0.25) is 5.91 Å². The molecule has 8 heteroatoms. The Morgan fingerprint density at radius 1 is 0.839 bits per heavy atom. The number of piperazine rings is 1. The predicted molar refractivity (Wildman–Crippen MR) is 118 cm³/mol. The van der Waals surface area contributed by atoms with Gasteiger partial charge < -0.3 is 15.1 Å². The Balaban J connectivity index is 1.39. The Morgan fingerprint density at radius 3 is 2.16 bits per heavy atom. The van der Waals surface area contributed by atoms with Crippen molar-refractivity contribution in [3.05, 3.63) is 88.8 Å². The van der Waals surface area contributed by atoms with Crippen LogP contribution in [0, 0.1) is 0 Å². The summed E-state index contributed by atoms with van der Waals surface area (Å²) in [7, 11) is 0. The number of hydrogen-bond acceptors (Lipinski definition) is 5. The van der Waals surface area contributed by atoms with Gasteiger partial charge in [0.05, 0.1) is 0 Å². The van der Waals surface area contributed by atoms with E-state index in [0.29, 0.717) is 18.8 Å². The topological polar surface area (TPSA) is 87.5 Å². The summed E-state index contributed by atoms with van der Waals surface area (Å²) in [6.45, 7) is 2.37. The molecular weight excluding hydrogens is 394 g/mol. The highest BCUT2D eigenvalue weighted by atomic mass is 16.2. The number of carbonyl (C=O) groups excluding carboxylic acids is 2. The molecule has 1 saturated heterocycles. The zero-order valence-corrected chi connectivity index (χ0v) is 17.0. The molecule has 31 heavy (non-hydrogen) atoms. The number of benzene rings is 2. The molecule has 0 aliphatic carbocycles. The summed E-state index contributed by atoms with van der Waals surface area (Å²) in [5, 5.41) is 6.82. The lowest BCUT2D eigenvalue weighted by molar-refractivity contribution is -0.132. The summed E-state index contributed by atoms with van der Waals surface area (Å²) < 4.78 is 1.05. The van der Waals surface area contributed by atoms with Crippen molar-refractivity contribution in [2.75, 3.05) is 36.4 Å². The molecule has 3 aromatic rings. The number of nitrogens with zero attached hydrogens (tertiary/aromatic N) is 4. The first-order valence-electron chi connectivity index (χ1n) is 10.1. The van der Waals surface area contributed by atoms with Gasteiger partial charge >= 0.3 is 0 Å². The van der Waals surface area contributed by atoms with Gasteiger partial charge in [-0.2, -0.15) is 5.10 Å². The van der Waals surface area contributed by atoms with Crippen LogP contribution in [0.1, 0.15) is 10.5 Å². The SMILES string of the molecule is O=C(Nc1ccccc1)c1ccc(=O)n(CC(=O)N2CCN(c3ccccc3)CC2)n1. The number of anilines is 2. The summed E-state index contributed by atoms with van der Waals surface area (Å²) >= 11 is 0. The fraction of sp³-hybridized carbons (Fsp3) is 0.217. The van der Waals surface area contributed by atoms with Crippen LogP contribution in [-0.2, 0) is 11.3 Å². The summed E-state index contributed by atoms with van der Waals surface area (Å²) in [6.07, 6.45) is 0. The van der Waals surface area contributed by atoms with Gasteiger partial charge in [0.15, 0.2) is 0 Å². The zero-order chi connectivity index (χ0) is 21.6. The third kappa shape index (κ3) is 4.98. The van der Waals surface area contributed by atoms with E-state index in [1.807, 2.05) is 36.4 Å². The molecule has 0 radical (unpaired) electrons. The highest BCUT2D eigenvalue weighted by molar-refractivity contribution is 6.02. The van der Waals surface area contributed by atoms with Gasteiger partial charge in [0.25, 0.3) is 11.5 Å². The van der Waals surface area contributed by atoms with Gasteiger partial charge in [0, 0.05) is 43.6 Å². The lowest BCUT2D eigenvalue weighted by atomic mass is 10.2. The van der Waals surface area contributed by atoms with E-state index in [-0.39, 0.29) is 18.1 Å². The Morgan fingerprint density at radius 2 is 1.48 bits per heavy atom. The van der Waals surface area contributed by atoms with Crippen LogP contribution in [0.25, 0.3) is 0 Å². The van der Waals surface area contributed by atoms with Crippen molar-refractivity contribution in [2.45, 2.75) is 6.54 Å². The van der Waals surface area contributed by atoms with Crippen LogP contribution in [0.2, 0.25) is 0 Å². The first-order valence-corrected chi connectivity index (χ1v) is 10.1. The third-order valence-electron chi connectivity index (χ3n) is 5.17. The fourth-order valence-electron chi connectivity index (χ4n) is 3.48. The van der Waals surface area contributed by atoms with Crippen LogP contribution in [0.3, 0.4) is 0 Å². The van der Waals surface area contributed by atoms with Crippen LogP contribution in [0.4, 0.5) is 11.4 Å². The van der Waals surface area contributed by atoms with Crippen LogP contribution in [0.15, 0.2) is 77.6 Å². The Bertz CT molecular complexity index is 1110. The quantitative estimate of drug-likeness (QED) is 0.685. The van der Waals surface area contributed by atoms with Gasteiger partial charge in [-0.15, -0.1) is 0 Å². The van der Waals surface area contributed by atoms with Crippen LogP contribution < -0.4 is 15.8 Å². The van der Waals surface area contributed by atoms with Crippen molar-refractivity contribution in [3.63, 3.8) is 0 Å². The van der Waals surface area contributed by atoms with Crippen molar-refractivity contribution in [2.24, 2.45) is 0 Å². The number of carbonyl (C=O) groups is 2. The molecule has 2 heterocycles. The van der Waals surface area contributed by atoms with E-state index in [0.717, 1.165) is 23.5 Å². The molecule has 0 bridgehead atoms. The normalized spacial score (nSPS) is 13.7. The Kier molecular flexibility index (Phi) is 6.07. The molecule has 8 nitrogen and oxygen atoms in total. The molecular formula is C23H23N5O3. The summed E-state index contributed by atoms with van der Waals surface area (Å²) in [6, 6.07) is 21.6. The van der Waals surface area contributed by atoms with E-state index in [1.165, 1.54) is 12.1 Å². The molecule has 0 atom stereocenters. The van der Waals surface area contributed by atoms with Gasteiger partial charge in [0.1, 0.15) is 12.2 Å². The highest BCUT2D eigenvalue weighted by Gasteiger charge is 2.22. The third-order valence-corrected chi connectivity index (χ3v) is 5.17. The van der Waals surface area contributed by atoms with Crippen molar-refractivity contribution in [1.82, 2.24) is 14.7 Å². The maximum absolute atomic E-state index is 12.7. The van der Waals surface area contributed by atoms with Crippen molar-refractivity contribution >= 4 is 23.2 Å². The summed E-state index contributed by atoms with van der Waals surface area (Å²) in [5.41, 5.74) is 1.40. The second-order valence-electron chi connectivity index (χ2n) is 7.24. The minimum Gasteiger partial charge on any atom is -0.368 e. The van der Waals surface area contributed by atoms with E-state index in [9.17, 15) is 14.4 Å². The molecule has 1 N–H and O–H groups in total. The van der Waals surface area contributed by atoms with Gasteiger partial charge in [-0.05, 0) is 30.3 Å². The molecule has 0 spiro atoms. The zero-order valence-electron chi connectivity index (χ0n) is 17.0. The van der Waals surface area contributed by atoms with Crippen LogP contribution in [-0.4, -0.2) is 52.7 Å². The molecule has 1 aliphatic rings. The first-order chi connectivity index (χ1) is 15.1. The molecule has 1 aliphatic heterocycles. The number of aromatic nitrogens is 2. The van der Waals surface area contributed by atoms with Crippen molar-refractivity contribution in [3.8, 4) is 0 Å². The first kappa shape index (κ1) is 20.3. The molecule has 2 aromatic carbocycles. The smallest absolute Gasteiger partial charge is 0.276 e. The Hall–Kier alpha value is -3.94. The lowest BCUT2D eigenvalue weighted by Gasteiger charge is -2.36. The van der Waals surface area contributed by atoms with E-state index < -0.39 is 11.5 Å². The van der Waals surface area contributed by atoms with Crippen molar-refractivity contribution < 1.29 is 9.59 Å². The maximum Gasteiger partial charge on any atom is 0.276 e. The van der Waals surface area contributed by atoms with Crippen molar-refractivity contribution in [1.29, 1.82) is 0 Å². The van der Waals surface area contributed by atoms with Crippen LogP contribution in [0.5, 0.6) is 0 Å². The number of para-hydroxylation sites is 2. The molecule has 4 rings (SSSR count). The Labute approximate surface area is 179 Å². The van der Waals surface area contributed by atoms with Gasteiger partial charge in [-0.1, -0.05) is 36.4 Å². The minimum atomic E-state index is -0.441. The largest absolute Gasteiger partial charge is 0.368 e. The number of nitrogens with one attached hydrogen (secondary N) is 1. The minimum absolute atomic E-state index is 0.0742. The monoisotopic (exact) mass is 417 g/mol. The van der Waals surface area contributed by atoms with E-state index in [1.54, 1.807) is 29.2 Å². The second kappa shape index (κ2) is 9.25. The standard InChI is InChI=1S/C23H23N5O3/c29-21-12-11-20(23(31)24-18-7-3-1-4-8-18)25-28(21)17-22(30)27-15-13-26(14-16-27)19-9-5-2-6-10-19/h1-12H,13-17H2,(H,24,31). The van der Waals surface area contributed by atoms with Gasteiger partial charge in [-0.25, -0.2) is 4.68 Å². The lowest BCUT2D eigenvalue weighted by Crippen LogP contribution is -2.50. The highest BCUT2D eigenvalue weighted by Crippen LogP contribution is 2.15. The summed E-state index contributed by atoms with van der Waals surface area (Å²) in [5.74, 6) is -0.633. The number of amides is 2. The second-order valence-corrected chi connectivity index (χ2v) is 7.24. The molecule has 158 valence electrons. The predicted octanol–water partition coefficient (Wildman–Crippen LogP) is 1.84. The van der Waals surface area contributed by atoms with E-state index in [2.05, 4.69) is 15.3 Å². The summed E-state index contributed by atoms with van der Waals surface area (Å²) in [4.78, 5) is 41.3. The van der Waals surface area contributed by atoms with E-state index in [4.69, 9.17) is 0 Å². The molecule has 1 fully saturated rings. The maximum atomic E-state index is 12.7. The molecule has 0 unspecified atom stereocenters. The average molecular weight is 417 g/mol. The number of hydrogen-bond donors (Lipinski definition) is 1. The van der Waals surface area contributed by atoms with Gasteiger partial charge in [-0.3, -0.25) is 14.4 Å². The average Bonchev–Trinajstić information content (AvgIpc) is 2.82. The molecule has 0 saturated carbocycles. The fourth-order valence-corrected chi connectivity index (χ4v) is 3.48. The molecule has 1 aromatic heterocycles.